The SMILES string of the molecule is CC1(C)CCCC2CCC(C#N)CC21. The van der Waals surface area contributed by atoms with E-state index in [1.54, 1.807) is 0 Å². The van der Waals surface area contributed by atoms with E-state index in [-0.39, 0.29) is 0 Å². The lowest BCUT2D eigenvalue weighted by atomic mass is 9.57. The molecule has 0 spiro atoms. The van der Waals surface area contributed by atoms with Gasteiger partial charge in [0.15, 0.2) is 0 Å². The fourth-order valence-electron chi connectivity index (χ4n) is 3.66. The summed E-state index contributed by atoms with van der Waals surface area (Å²) in [6, 6.07) is 2.47. The lowest BCUT2D eigenvalue weighted by Gasteiger charge is -2.47. The molecule has 3 unspecified atom stereocenters. The summed E-state index contributed by atoms with van der Waals surface area (Å²) in [6.45, 7) is 4.81. The van der Waals surface area contributed by atoms with E-state index < -0.39 is 0 Å². The molecule has 0 amide bonds. The molecular weight excluding hydrogens is 170 g/mol. The Morgan fingerprint density at radius 2 is 2.00 bits per heavy atom. The average molecular weight is 191 g/mol. The molecule has 0 aliphatic heterocycles. The van der Waals surface area contributed by atoms with Crippen molar-refractivity contribution in [2.24, 2.45) is 23.2 Å². The van der Waals surface area contributed by atoms with E-state index in [9.17, 15) is 0 Å². The number of fused-ring (bicyclic) bond motifs is 1. The van der Waals surface area contributed by atoms with Gasteiger partial charge in [-0.2, -0.15) is 5.26 Å². The molecule has 2 saturated carbocycles. The normalized spacial score (nSPS) is 41.1. The van der Waals surface area contributed by atoms with Crippen LogP contribution >= 0.6 is 0 Å². The molecule has 14 heavy (non-hydrogen) atoms. The quantitative estimate of drug-likeness (QED) is 0.572. The van der Waals surface area contributed by atoms with E-state index in [1.807, 2.05) is 0 Å². The Bertz CT molecular complexity index is 248. The molecule has 1 heteroatoms. The highest BCUT2D eigenvalue weighted by molar-refractivity contribution is 4.97. The largest absolute Gasteiger partial charge is 0.198 e. The van der Waals surface area contributed by atoms with Crippen LogP contribution in [0.25, 0.3) is 0 Å². The first kappa shape index (κ1) is 10.0. The first-order valence-electron chi connectivity index (χ1n) is 6.03. The summed E-state index contributed by atoms with van der Waals surface area (Å²) in [5.74, 6) is 2.12. The van der Waals surface area contributed by atoms with E-state index in [0.29, 0.717) is 11.3 Å². The van der Waals surface area contributed by atoms with Crippen LogP contribution in [0.15, 0.2) is 0 Å². The summed E-state index contributed by atoms with van der Waals surface area (Å²) in [6.07, 6.45) is 7.85. The molecule has 0 aromatic carbocycles. The molecule has 0 heterocycles. The van der Waals surface area contributed by atoms with Crippen LogP contribution in [0, 0.1) is 34.5 Å². The van der Waals surface area contributed by atoms with Gasteiger partial charge in [-0.05, 0) is 42.9 Å². The van der Waals surface area contributed by atoms with Crippen molar-refractivity contribution >= 4 is 0 Å². The van der Waals surface area contributed by atoms with Crippen molar-refractivity contribution < 1.29 is 0 Å². The number of hydrogen-bond acceptors (Lipinski definition) is 1. The molecule has 78 valence electrons. The van der Waals surface area contributed by atoms with E-state index >= 15 is 0 Å². The maximum atomic E-state index is 9.00. The Morgan fingerprint density at radius 3 is 2.71 bits per heavy atom. The Morgan fingerprint density at radius 1 is 1.21 bits per heavy atom. The molecule has 2 aliphatic rings. The van der Waals surface area contributed by atoms with Gasteiger partial charge in [-0.3, -0.25) is 0 Å². The highest BCUT2D eigenvalue weighted by atomic mass is 14.5. The van der Waals surface area contributed by atoms with Gasteiger partial charge in [0.2, 0.25) is 0 Å². The minimum absolute atomic E-state index is 0.355. The van der Waals surface area contributed by atoms with Crippen molar-refractivity contribution in [1.29, 1.82) is 5.26 Å². The van der Waals surface area contributed by atoms with Crippen molar-refractivity contribution in [2.45, 2.75) is 52.4 Å². The smallest absolute Gasteiger partial charge is 0.0655 e. The topological polar surface area (TPSA) is 23.8 Å². The number of rotatable bonds is 0. The van der Waals surface area contributed by atoms with Crippen LogP contribution in [0.4, 0.5) is 0 Å². The molecule has 0 saturated heterocycles. The first-order chi connectivity index (χ1) is 6.63. The third kappa shape index (κ3) is 1.67. The average Bonchev–Trinajstić information content (AvgIpc) is 2.17. The van der Waals surface area contributed by atoms with E-state index in [0.717, 1.165) is 18.3 Å². The fraction of sp³-hybridized carbons (Fsp3) is 0.923. The monoisotopic (exact) mass is 191 g/mol. The third-order valence-electron chi connectivity index (χ3n) is 4.58. The van der Waals surface area contributed by atoms with Crippen molar-refractivity contribution in [1.82, 2.24) is 0 Å². The van der Waals surface area contributed by atoms with Gasteiger partial charge in [0, 0.05) is 5.92 Å². The van der Waals surface area contributed by atoms with Gasteiger partial charge in [0.05, 0.1) is 6.07 Å². The Balaban J connectivity index is 2.11. The number of nitrogens with zero attached hydrogens (tertiary/aromatic N) is 1. The predicted molar refractivity (Wildman–Crippen MR) is 57.6 cm³/mol. The van der Waals surface area contributed by atoms with Gasteiger partial charge in [-0.25, -0.2) is 0 Å². The van der Waals surface area contributed by atoms with Crippen LogP contribution in [0.3, 0.4) is 0 Å². The summed E-state index contributed by atoms with van der Waals surface area (Å²) in [4.78, 5) is 0. The van der Waals surface area contributed by atoms with Crippen molar-refractivity contribution in [2.75, 3.05) is 0 Å². The molecule has 2 rings (SSSR count). The van der Waals surface area contributed by atoms with Crippen LogP contribution in [-0.4, -0.2) is 0 Å². The maximum absolute atomic E-state index is 9.00. The molecule has 2 aliphatic carbocycles. The Labute approximate surface area is 87.5 Å². The molecule has 0 bridgehead atoms. The van der Waals surface area contributed by atoms with Crippen LogP contribution < -0.4 is 0 Å². The zero-order valence-electron chi connectivity index (χ0n) is 9.42. The Hall–Kier alpha value is -0.510. The molecule has 0 radical (unpaired) electrons. The van der Waals surface area contributed by atoms with Gasteiger partial charge < -0.3 is 0 Å². The second-order valence-electron chi connectivity index (χ2n) is 5.89. The number of nitriles is 1. The zero-order valence-corrected chi connectivity index (χ0v) is 9.42. The second kappa shape index (κ2) is 3.57. The van der Waals surface area contributed by atoms with E-state index in [4.69, 9.17) is 5.26 Å². The molecular formula is C13H21N. The van der Waals surface area contributed by atoms with Gasteiger partial charge >= 0.3 is 0 Å². The highest BCUT2D eigenvalue weighted by Crippen LogP contribution is 2.51. The first-order valence-corrected chi connectivity index (χ1v) is 6.03. The van der Waals surface area contributed by atoms with Gasteiger partial charge in [0.1, 0.15) is 0 Å². The summed E-state index contributed by atoms with van der Waals surface area (Å²) >= 11 is 0. The third-order valence-corrected chi connectivity index (χ3v) is 4.58. The van der Waals surface area contributed by atoms with Crippen molar-refractivity contribution in [3.05, 3.63) is 0 Å². The molecule has 3 atom stereocenters. The van der Waals surface area contributed by atoms with Crippen LogP contribution in [0.2, 0.25) is 0 Å². The highest BCUT2D eigenvalue weighted by Gasteiger charge is 2.42. The predicted octanol–water partition coefficient (Wildman–Crippen LogP) is 3.75. The molecule has 2 fully saturated rings. The van der Waals surface area contributed by atoms with Crippen LogP contribution in [0.1, 0.15) is 52.4 Å². The Kier molecular flexibility index (Phi) is 2.56. The van der Waals surface area contributed by atoms with Gasteiger partial charge in [0.25, 0.3) is 0 Å². The fourth-order valence-corrected chi connectivity index (χ4v) is 3.66. The molecule has 0 aromatic rings. The van der Waals surface area contributed by atoms with Gasteiger partial charge in [-0.1, -0.05) is 26.7 Å². The summed E-state index contributed by atoms with van der Waals surface area (Å²) in [5, 5.41) is 9.00. The lowest BCUT2D eigenvalue weighted by Crippen LogP contribution is -2.38. The second-order valence-corrected chi connectivity index (χ2v) is 5.89. The minimum atomic E-state index is 0.355. The van der Waals surface area contributed by atoms with E-state index in [2.05, 4.69) is 19.9 Å². The maximum Gasteiger partial charge on any atom is 0.0655 e. The molecule has 1 nitrogen and oxygen atoms in total. The standard InChI is InChI=1S/C13H21N/c1-13(2)7-3-4-11-6-5-10(9-14)8-12(11)13/h10-12H,3-8H2,1-2H3. The molecule has 0 N–H and O–H groups in total. The summed E-state index contributed by atoms with van der Waals surface area (Å²) in [5.41, 5.74) is 0.498. The van der Waals surface area contributed by atoms with Crippen molar-refractivity contribution in [3.8, 4) is 6.07 Å². The van der Waals surface area contributed by atoms with Gasteiger partial charge in [-0.15, -0.1) is 0 Å². The zero-order chi connectivity index (χ0) is 10.2. The number of hydrogen-bond donors (Lipinski definition) is 0. The molecule has 0 aromatic heterocycles. The minimum Gasteiger partial charge on any atom is -0.198 e. The van der Waals surface area contributed by atoms with Crippen LogP contribution in [-0.2, 0) is 0 Å². The lowest BCUT2D eigenvalue weighted by molar-refractivity contribution is 0.0283. The summed E-state index contributed by atoms with van der Waals surface area (Å²) in [7, 11) is 0. The van der Waals surface area contributed by atoms with Crippen LogP contribution in [0.5, 0.6) is 0 Å². The summed E-state index contributed by atoms with van der Waals surface area (Å²) < 4.78 is 0. The van der Waals surface area contributed by atoms with Crippen molar-refractivity contribution in [3.63, 3.8) is 0 Å². The van der Waals surface area contributed by atoms with E-state index in [1.165, 1.54) is 32.1 Å².